The zero-order chi connectivity index (χ0) is 37.3. The van der Waals surface area contributed by atoms with Crippen LogP contribution in [0.3, 0.4) is 0 Å². The van der Waals surface area contributed by atoms with Crippen LogP contribution in [0.5, 0.6) is 0 Å². The van der Waals surface area contributed by atoms with Gasteiger partial charge in [-0.15, -0.1) is 0 Å². The Bertz CT molecular complexity index is 876. The third-order valence-electron chi connectivity index (χ3n) is 9.16. The summed E-state index contributed by atoms with van der Waals surface area (Å²) in [6.07, 6.45) is 44.1. The molecule has 0 bridgehead atoms. The number of hydrogen-bond acceptors (Lipinski definition) is 6. The Balaban J connectivity index is 4.34. The molecule has 0 radical (unpaired) electrons. The van der Waals surface area contributed by atoms with E-state index in [-0.39, 0.29) is 31.1 Å². The van der Waals surface area contributed by atoms with Gasteiger partial charge < -0.3 is 14.2 Å². The van der Waals surface area contributed by atoms with Crippen molar-refractivity contribution in [3.8, 4) is 0 Å². The maximum Gasteiger partial charge on any atom is 0.306 e. The lowest BCUT2D eigenvalue weighted by Crippen LogP contribution is -2.30. The van der Waals surface area contributed by atoms with Gasteiger partial charge in [0.15, 0.2) is 6.10 Å². The van der Waals surface area contributed by atoms with E-state index in [9.17, 15) is 14.4 Å². The molecule has 0 aromatic carbocycles. The van der Waals surface area contributed by atoms with Crippen molar-refractivity contribution in [2.45, 2.75) is 219 Å². The van der Waals surface area contributed by atoms with Crippen LogP contribution in [0.4, 0.5) is 0 Å². The molecule has 0 aromatic heterocycles. The van der Waals surface area contributed by atoms with E-state index in [1.54, 1.807) is 0 Å². The van der Waals surface area contributed by atoms with Crippen molar-refractivity contribution in [3.05, 3.63) is 36.5 Å². The second kappa shape index (κ2) is 40.4. The van der Waals surface area contributed by atoms with E-state index in [1.165, 1.54) is 77.0 Å². The van der Waals surface area contributed by atoms with Crippen LogP contribution in [0.15, 0.2) is 36.5 Å². The molecule has 1 atom stereocenters. The maximum absolute atomic E-state index is 12.6. The second-order valence-corrected chi connectivity index (χ2v) is 14.2. The van der Waals surface area contributed by atoms with Gasteiger partial charge in [-0.3, -0.25) is 14.4 Å². The Kier molecular flexibility index (Phi) is 38.5. The van der Waals surface area contributed by atoms with Crippen LogP contribution in [0.2, 0.25) is 0 Å². The third-order valence-corrected chi connectivity index (χ3v) is 9.16. The first-order chi connectivity index (χ1) is 25.0. The van der Waals surface area contributed by atoms with Gasteiger partial charge in [-0.2, -0.15) is 0 Å². The second-order valence-electron chi connectivity index (χ2n) is 14.2. The minimum absolute atomic E-state index is 0.0753. The van der Waals surface area contributed by atoms with Gasteiger partial charge in [0.05, 0.1) is 0 Å². The summed E-state index contributed by atoms with van der Waals surface area (Å²) in [5, 5.41) is 0. The van der Waals surface area contributed by atoms with Crippen molar-refractivity contribution in [3.63, 3.8) is 0 Å². The van der Waals surface area contributed by atoms with E-state index in [0.717, 1.165) is 96.3 Å². The van der Waals surface area contributed by atoms with E-state index in [4.69, 9.17) is 14.2 Å². The van der Waals surface area contributed by atoms with Crippen LogP contribution in [0, 0.1) is 0 Å². The Morgan fingerprint density at radius 3 is 1.20 bits per heavy atom. The molecule has 0 aliphatic carbocycles. The highest BCUT2D eigenvalue weighted by Gasteiger charge is 2.19. The Morgan fingerprint density at radius 2 is 0.765 bits per heavy atom. The van der Waals surface area contributed by atoms with Crippen molar-refractivity contribution in [1.82, 2.24) is 0 Å². The van der Waals surface area contributed by atoms with Crippen LogP contribution in [0.1, 0.15) is 213 Å². The summed E-state index contributed by atoms with van der Waals surface area (Å²) in [4.78, 5) is 37.5. The molecule has 296 valence electrons. The van der Waals surface area contributed by atoms with Crippen LogP contribution < -0.4 is 0 Å². The lowest BCUT2D eigenvalue weighted by atomic mass is 10.1. The van der Waals surface area contributed by atoms with E-state index >= 15 is 0 Å². The number of rotatable bonds is 38. The first-order valence-electron chi connectivity index (χ1n) is 21.5. The standard InChI is InChI=1S/C45H80O6/c1-4-7-10-13-16-19-20-21-22-23-24-27-29-32-35-38-44(47)50-41-42(51-45(48)39-36-33-30-26-18-15-12-9-6-3)40-49-43(46)37-34-31-28-25-17-14-11-8-5-2/h7,10,16,19,21-22,42H,4-6,8-9,11-15,17-18,20,23-41H2,1-3H3/b10-7-,19-16-,22-21-. The minimum atomic E-state index is -0.770. The minimum Gasteiger partial charge on any atom is -0.462 e. The Labute approximate surface area is 315 Å². The van der Waals surface area contributed by atoms with Crippen LogP contribution in [-0.4, -0.2) is 37.2 Å². The summed E-state index contributed by atoms with van der Waals surface area (Å²) in [5.74, 6) is -0.899. The average Bonchev–Trinajstić information content (AvgIpc) is 3.12. The molecule has 6 nitrogen and oxygen atoms in total. The summed E-state index contributed by atoms with van der Waals surface area (Å²) in [7, 11) is 0. The average molecular weight is 717 g/mol. The van der Waals surface area contributed by atoms with Crippen molar-refractivity contribution >= 4 is 17.9 Å². The van der Waals surface area contributed by atoms with Gasteiger partial charge in [-0.05, 0) is 51.4 Å². The third kappa shape index (κ3) is 38.7. The molecule has 0 fully saturated rings. The summed E-state index contributed by atoms with van der Waals surface area (Å²) in [6, 6.07) is 0. The Hall–Kier alpha value is -2.37. The zero-order valence-electron chi connectivity index (χ0n) is 33.6. The molecule has 0 saturated heterocycles. The fourth-order valence-electron chi connectivity index (χ4n) is 5.93. The van der Waals surface area contributed by atoms with Gasteiger partial charge in [-0.25, -0.2) is 0 Å². The summed E-state index contributed by atoms with van der Waals surface area (Å²) >= 11 is 0. The number of allylic oxidation sites excluding steroid dienone is 6. The quantitative estimate of drug-likeness (QED) is 0.0274. The largest absolute Gasteiger partial charge is 0.462 e. The van der Waals surface area contributed by atoms with Crippen molar-refractivity contribution < 1.29 is 28.6 Å². The number of ether oxygens (including phenoxy) is 3. The lowest BCUT2D eigenvalue weighted by Gasteiger charge is -2.18. The number of carbonyl (C=O) groups is 3. The molecule has 0 aliphatic heterocycles. The molecule has 0 amide bonds. The molecular formula is C45H80O6. The van der Waals surface area contributed by atoms with Gasteiger partial charge in [0.2, 0.25) is 0 Å². The van der Waals surface area contributed by atoms with E-state index in [1.807, 2.05) is 0 Å². The highest BCUT2D eigenvalue weighted by molar-refractivity contribution is 5.71. The molecule has 0 saturated carbocycles. The van der Waals surface area contributed by atoms with Gasteiger partial charge in [0, 0.05) is 19.3 Å². The molecule has 0 rings (SSSR count). The fraction of sp³-hybridized carbons (Fsp3) is 0.800. The smallest absolute Gasteiger partial charge is 0.306 e. The van der Waals surface area contributed by atoms with E-state index in [2.05, 4.69) is 57.2 Å². The molecule has 0 N–H and O–H groups in total. The SMILES string of the molecule is CC/C=C\C/C=C\C/C=C\CCCCCCCC(=O)OCC(COC(=O)CCCCCCCCCCC)OC(=O)CCCCCCCCCCC. The predicted molar refractivity (Wildman–Crippen MR) is 215 cm³/mol. The maximum atomic E-state index is 12.6. The summed E-state index contributed by atoms with van der Waals surface area (Å²) < 4.78 is 16.6. The molecule has 0 heterocycles. The van der Waals surface area contributed by atoms with Crippen molar-refractivity contribution in [1.29, 1.82) is 0 Å². The fourth-order valence-corrected chi connectivity index (χ4v) is 5.93. The number of hydrogen-bond donors (Lipinski definition) is 0. The monoisotopic (exact) mass is 717 g/mol. The van der Waals surface area contributed by atoms with E-state index in [0.29, 0.717) is 19.3 Å². The van der Waals surface area contributed by atoms with Crippen molar-refractivity contribution in [2.24, 2.45) is 0 Å². The molecule has 6 heteroatoms. The first-order valence-corrected chi connectivity index (χ1v) is 21.5. The molecule has 0 spiro atoms. The lowest BCUT2D eigenvalue weighted by molar-refractivity contribution is -0.167. The van der Waals surface area contributed by atoms with Gasteiger partial charge >= 0.3 is 17.9 Å². The highest BCUT2D eigenvalue weighted by atomic mass is 16.6. The van der Waals surface area contributed by atoms with Crippen LogP contribution in [0.25, 0.3) is 0 Å². The molecule has 0 aliphatic rings. The number of unbranched alkanes of at least 4 members (excludes halogenated alkanes) is 21. The van der Waals surface area contributed by atoms with Crippen LogP contribution in [-0.2, 0) is 28.6 Å². The van der Waals surface area contributed by atoms with E-state index < -0.39 is 6.10 Å². The molecular weight excluding hydrogens is 636 g/mol. The van der Waals surface area contributed by atoms with Gasteiger partial charge in [0.1, 0.15) is 13.2 Å². The number of carbonyl (C=O) groups excluding carboxylic acids is 3. The molecule has 0 aromatic rings. The molecule has 51 heavy (non-hydrogen) atoms. The van der Waals surface area contributed by atoms with Crippen molar-refractivity contribution in [2.75, 3.05) is 13.2 Å². The van der Waals surface area contributed by atoms with Gasteiger partial charge in [0.25, 0.3) is 0 Å². The first kappa shape index (κ1) is 48.6. The Morgan fingerprint density at radius 1 is 0.412 bits per heavy atom. The number of esters is 3. The van der Waals surface area contributed by atoms with Crippen LogP contribution >= 0.6 is 0 Å². The predicted octanol–water partition coefficient (Wildman–Crippen LogP) is 13.4. The summed E-state index contributed by atoms with van der Waals surface area (Å²) in [6.45, 7) is 6.46. The highest BCUT2D eigenvalue weighted by Crippen LogP contribution is 2.14. The van der Waals surface area contributed by atoms with Gasteiger partial charge in [-0.1, -0.05) is 179 Å². The summed E-state index contributed by atoms with van der Waals surface area (Å²) in [5.41, 5.74) is 0. The normalized spacial score (nSPS) is 12.3. The molecule has 1 unspecified atom stereocenters. The topological polar surface area (TPSA) is 78.9 Å². The zero-order valence-corrected chi connectivity index (χ0v) is 33.6.